The van der Waals surface area contributed by atoms with Crippen molar-refractivity contribution in [1.82, 2.24) is 10.2 Å². The summed E-state index contributed by atoms with van der Waals surface area (Å²) in [5.74, 6) is 0.473. The molecule has 3 saturated carbocycles. The van der Waals surface area contributed by atoms with Crippen LogP contribution in [0, 0.1) is 12.8 Å². The Morgan fingerprint density at radius 3 is 1.97 bits per heavy atom. The molecule has 0 heterocycles. The molecule has 4 rings (SSSR count). The van der Waals surface area contributed by atoms with Crippen LogP contribution in [-0.2, 0) is 4.79 Å². The van der Waals surface area contributed by atoms with E-state index in [0.29, 0.717) is 0 Å². The highest BCUT2D eigenvalue weighted by atomic mass is 16.2. The number of hydrogen-bond acceptors (Lipinski definition) is 2. The highest BCUT2D eigenvalue weighted by Crippen LogP contribution is 2.34. The van der Waals surface area contributed by atoms with Gasteiger partial charge in [0.2, 0.25) is 5.91 Å². The van der Waals surface area contributed by atoms with E-state index in [-0.39, 0.29) is 35.9 Å². The lowest BCUT2D eigenvalue weighted by Gasteiger charge is -2.43. The van der Waals surface area contributed by atoms with E-state index in [4.69, 9.17) is 0 Å². The highest BCUT2D eigenvalue weighted by molar-refractivity contribution is 5.99. The molecule has 4 nitrogen and oxygen atoms in total. The van der Waals surface area contributed by atoms with Crippen LogP contribution in [0.25, 0.3) is 0 Å². The van der Waals surface area contributed by atoms with Crippen LogP contribution in [0.1, 0.15) is 119 Å². The third kappa shape index (κ3) is 6.19. The molecular weight excluding hydrogens is 408 g/mol. The summed E-state index contributed by atoms with van der Waals surface area (Å²) >= 11 is 0. The standard InChI is InChI=1S/C29H44N2O2/c1-22-14-12-13-21-26(22)29(33)31(25-19-10-5-11-20-25)27(23-15-6-2-3-7-16-23)28(32)30-24-17-8-4-9-18-24/h12-14,21,23-25,27H,2-11,15-20H2,1H3,(H,30,32). The molecule has 3 aliphatic rings. The van der Waals surface area contributed by atoms with Crippen molar-refractivity contribution in [3.05, 3.63) is 35.4 Å². The molecule has 0 spiro atoms. The van der Waals surface area contributed by atoms with Gasteiger partial charge >= 0.3 is 0 Å². The number of amides is 2. The molecule has 0 aliphatic heterocycles. The van der Waals surface area contributed by atoms with Crippen molar-refractivity contribution < 1.29 is 9.59 Å². The quantitative estimate of drug-likeness (QED) is 0.497. The Labute approximate surface area is 200 Å². The van der Waals surface area contributed by atoms with Crippen LogP contribution in [0.5, 0.6) is 0 Å². The second-order valence-electron chi connectivity index (χ2n) is 10.9. The minimum absolute atomic E-state index is 0.0769. The van der Waals surface area contributed by atoms with E-state index in [1.165, 1.54) is 51.4 Å². The molecule has 2 amide bonds. The van der Waals surface area contributed by atoms with Crippen LogP contribution in [-0.4, -0.2) is 34.8 Å². The van der Waals surface area contributed by atoms with Crippen molar-refractivity contribution in [3.63, 3.8) is 0 Å². The van der Waals surface area contributed by atoms with Crippen molar-refractivity contribution in [3.8, 4) is 0 Å². The molecule has 0 saturated heterocycles. The third-order valence-electron chi connectivity index (χ3n) is 8.44. The molecule has 182 valence electrons. The largest absolute Gasteiger partial charge is 0.352 e. The lowest BCUT2D eigenvalue weighted by atomic mass is 9.85. The Bertz CT molecular complexity index is 772. The molecule has 0 aromatic heterocycles. The van der Waals surface area contributed by atoms with Gasteiger partial charge in [-0.1, -0.05) is 82.4 Å². The van der Waals surface area contributed by atoms with Gasteiger partial charge < -0.3 is 10.2 Å². The van der Waals surface area contributed by atoms with Gasteiger partial charge in [0.25, 0.3) is 5.91 Å². The predicted molar refractivity (Wildman–Crippen MR) is 134 cm³/mol. The van der Waals surface area contributed by atoms with Gasteiger partial charge in [-0.15, -0.1) is 0 Å². The zero-order valence-electron chi connectivity index (χ0n) is 20.7. The van der Waals surface area contributed by atoms with Gasteiger partial charge in [-0.05, 0) is 63.0 Å². The van der Waals surface area contributed by atoms with Gasteiger partial charge in [0.15, 0.2) is 0 Å². The monoisotopic (exact) mass is 452 g/mol. The topological polar surface area (TPSA) is 49.4 Å². The number of carbonyl (C=O) groups is 2. The number of carbonyl (C=O) groups excluding carboxylic acids is 2. The first kappa shape index (κ1) is 24.3. The van der Waals surface area contributed by atoms with Gasteiger partial charge in [-0.25, -0.2) is 0 Å². The van der Waals surface area contributed by atoms with Gasteiger partial charge in [-0.3, -0.25) is 9.59 Å². The molecule has 1 N–H and O–H groups in total. The molecule has 0 radical (unpaired) electrons. The third-order valence-corrected chi connectivity index (χ3v) is 8.44. The van der Waals surface area contributed by atoms with E-state index >= 15 is 0 Å². The molecule has 3 fully saturated rings. The summed E-state index contributed by atoms with van der Waals surface area (Å²) in [6.07, 6.45) is 18.4. The van der Waals surface area contributed by atoms with E-state index in [9.17, 15) is 9.59 Å². The Hall–Kier alpha value is -1.84. The lowest BCUT2D eigenvalue weighted by molar-refractivity contribution is -0.130. The molecule has 1 unspecified atom stereocenters. The summed E-state index contributed by atoms with van der Waals surface area (Å²) in [5.41, 5.74) is 1.78. The first-order valence-electron chi connectivity index (χ1n) is 13.8. The number of nitrogens with one attached hydrogen (secondary N) is 1. The van der Waals surface area contributed by atoms with Crippen LogP contribution in [0.4, 0.5) is 0 Å². The SMILES string of the molecule is Cc1ccccc1C(=O)N(C1CCCCC1)C(C(=O)NC1CCCCC1)C1CCCCCC1. The average Bonchev–Trinajstić information content (AvgIpc) is 3.13. The summed E-state index contributed by atoms with van der Waals surface area (Å²) in [7, 11) is 0. The summed E-state index contributed by atoms with van der Waals surface area (Å²) in [4.78, 5) is 30.3. The molecule has 33 heavy (non-hydrogen) atoms. The van der Waals surface area contributed by atoms with Crippen molar-refractivity contribution >= 4 is 11.8 Å². The fourth-order valence-electron chi connectivity index (χ4n) is 6.56. The second kappa shape index (κ2) is 12.0. The molecule has 3 aliphatic carbocycles. The lowest BCUT2D eigenvalue weighted by Crippen LogP contribution is -2.58. The summed E-state index contributed by atoms with van der Waals surface area (Å²) in [6, 6.07) is 8.06. The van der Waals surface area contributed by atoms with Crippen molar-refractivity contribution in [2.75, 3.05) is 0 Å². The Morgan fingerprint density at radius 1 is 0.788 bits per heavy atom. The number of aryl methyl sites for hydroxylation is 1. The van der Waals surface area contributed by atoms with Crippen molar-refractivity contribution in [2.45, 2.75) is 128 Å². The molecule has 1 aromatic rings. The number of rotatable bonds is 6. The van der Waals surface area contributed by atoms with Gasteiger partial charge in [0.1, 0.15) is 6.04 Å². The van der Waals surface area contributed by atoms with E-state index in [1.54, 1.807) is 0 Å². The predicted octanol–water partition coefficient (Wildman–Crippen LogP) is 6.56. The number of nitrogens with zero attached hydrogens (tertiary/aromatic N) is 1. The smallest absolute Gasteiger partial charge is 0.255 e. The first-order chi connectivity index (χ1) is 16.1. The van der Waals surface area contributed by atoms with Crippen molar-refractivity contribution in [1.29, 1.82) is 0 Å². The minimum Gasteiger partial charge on any atom is -0.352 e. The molecule has 0 bridgehead atoms. The molecule has 1 atom stereocenters. The van der Waals surface area contributed by atoms with Crippen LogP contribution in [0.15, 0.2) is 24.3 Å². The van der Waals surface area contributed by atoms with Crippen LogP contribution in [0.3, 0.4) is 0 Å². The van der Waals surface area contributed by atoms with Crippen LogP contribution in [0.2, 0.25) is 0 Å². The number of benzene rings is 1. The maximum Gasteiger partial charge on any atom is 0.255 e. The normalized spacial score (nSPS) is 22.3. The maximum atomic E-state index is 14.2. The van der Waals surface area contributed by atoms with Gasteiger partial charge in [0.05, 0.1) is 0 Å². The van der Waals surface area contributed by atoms with Crippen molar-refractivity contribution in [2.24, 2.45) is 5.92 Å². The summed E-state index contributed by atoms with van der Waals surface area (Å²) in [6.45, 7) is 2.02. The Balaban J connectivity index is 1.68. The maximum absolute atomic E-state index is 14.2. The zero-order chi connectivity index (χ0) is 23.0. The Morgan fingerprint density at radius 2 is 1.33 bits per heavy atom. The van der Waals surface area contributed by atoms with E-state index in [0.717, 1.165) is 62.5 Å². The van der Waals surface area contributed by atoms with Gasteiger partial charge in [0, 0.05) is 17.6 Å². The van der Waals surface area contributed by atoms with E-state index in [1.807, 2.05) is 31.2 Å². The highest BCUT2D eigenvalue weighted by Gasteiger charge is 2.41. The van der Waals surface area contributed by atoms with Crippen LogP contribution >= 0.6 is 0 Å². The minimum atomic E-state index is -0.333. The average molecular weight is 453 g/mol. The number of hydrogen-bond donors (Lipinski definition) is 1. The zero-order valence-corrected chi connectivity index (χ0v) is 20.7. The first-order valence-corrected chi connectivity index (χ1v) is 13.8. The van der Waals surface area contributed by atoms with Gasteiger partial charge in [-0.2, -0.15) is 0 Å². The fraction of sp³-hybridized carbons (Fsp3) is 0.724. The second-order valence-corrected chi connectivity index (χ2v) is 10.9. The molecule has 4 heteroatoms. The Kier molecular flexibility index (Phi) is 8.86. The molecular formula is C29H44N2O2. The van der Waals surface area contributed by atoms with E-state index < -0.39 is 0 Å². The van der Waals surface area contributed by atoms with E-state index in [2.05, 4.69) is 10.2 Å². The van der Waals surface area contributed by atoms with Crippen LogP contribution < -0.4 is 5.32 Å². The fourth-order valence-corrected chi connectivity index (χ4v) is 6.56. The molecule has 1 aromatic carbocycles. The summed E-state index contributed by atoms with van der Waals surface area (Å²) in [5, 5.41) is 3.44. The summed E-state index contributed by atoms with van der Waals surface area (Å²) < 4.78 is 0.